The Balaban J connectivity index is 1.51. The van der Waals surface area contributed by atoms with Crippen LogP contribution in [0.3, 0.4) is 0 Å². The highest BCUT2D eigenvalue weighted by Gasteiger charge is 2.27. The van der Waals surface area contributed by atoms with Crippen LogP contribution in [0.4, 0.5) is 30.8 Å². The Hall–Kier alpha value is -2.92. The maximum Gasteiger partial charge on any atom is 0.224 e. The van der Waals surface area contributed by atoms with Gasteiger partial charge in [0.15, 0.2) is 17.3 Å². The van der Waals surface area contributed by atoms with Gasteiger partial charge < -0.3 is 20.8 Å². The number of benzene rings is 1. The largest absolute Gasteiger partial charge is 0.393 e. The van der Waals surface area contributed by atoms with Crippen molar-refractivity contribution in [3.05, 3.63) is 35.8 Å². The number of rotatable bonds is 5. The zero-order chi connectivity index (χ0) is 23.8. The van der Waals surface area contributed by atoms with Crippen LogP contribution in [0.1, 0.15) is 57.4 Å². The van der Waals surface area contributed by atoms with Crippen molar-refractivity contribution < 1.29 is 23.4 Å². The molecule has 182 valence electrons. The molecule has 4 N–H and O–H groups in total. The molecular weight excluding hydrogens is 449 g/mol. The molecule has 2 aliphatic rings. The van der Waals surface area contributed by atoms with Crippen molar-refractivity contribution in [3.8, 4) is 0 Å². The standard InChI is InChI=1S/C23H27F3N6O2/c24-12-9-17(25)20(18(26)10-12)30-23-29-19-11-27-22(28-13-1-5-15(33)6-2-13)31-21(19)32(23)14-3-7-16(34)8-4-14/h9-11,13-16,33-34H,1-8H2,(H,29,30)(H,27,28,31). The average Bonchev–Trinajstić information content (AvgIpc) is 3.16. The van der Waals surface area contributed by atoms with E-state index in [2.05, 4.69) is 25.6 Å². The number of aliphatic hydroxyl groups is 2. The van der Waals surface area contributed by atoms with Crippen LogP contribution in [0.25, 0.3) is 11.2 Å². The molecule has 0 radical (unpaired) electrons. The minimum absolute atomic E-state index is 0.102. The van der Waals surface area contributed by atoms with Crippen LogP contribution in [0.2, 0.25) is 0 Å². The first-order valence-electron chi connectivity index (χ1n) is 11.7. The highest BCUT2D eigenvalue weighted by Crippen LogP contribution is 2.36. The van der Waals surface area contributed by atoms with Crippen molar-refractivity contribution in [2.24, 2.45) is 0 Å². The molecule has 0 spiro atoms. The van der Waals surface area contributed by atoms with E-state index in [4.69, 9.17) is 0 Å². The van der Waals surface area contributed by atoms with Gasteiger partial charge in [0.1, 0.15) is 17.0 Å². The number of imidazole rings is 1. The van der Waals surface area contributed by atoms with Gasteiger partial charge in [-0.2, -0.15) is 4.98 Å². The second kappa shape index (κ2) is 9.38. The lowest BCUT2D eigenvalue weighted by atomic mass is 9.93. The number of anilines is 3. The van der Waals surface area contributed by atoms with E-state index < -0.39 is 23.1 Å². The van der Waals surface area contributed by atoms with E-state index in [9.17, 15) is 23.4 Å². The summed E-state index contributed by atoms with van der Waals surface area (Å²) in [5, 5.41) is 25.7. The third-order valence-corrected chi connectivity index (χ3v) is 6.74. The highest BCUT2D eigenvalue weighted by atomic mass is 19.1. The van der Waals surface area contributed by atoms with Gasteiger partial charge in [-0.25, -0.2) is 23.1 Å². The molecule has 2 fully saturated rings. The third kappa shape index (κ3) is 4.67. The Labute approximate surface area is 194 Å². The zero-order valence-corrected chi connectivity index (χ0v) is 18.5. The van der Waals surface area contributed by atoms with E-state index in [1.54, 1.807) is 10.8 Å². The van der Waals surface area contributed by atoms with Gasteiger partial charge in [0, 0.05) is 24.2 Å². The molecule has 1 aromatic carbocycles. The fourth-order valence-corrected chi connectivity index (χ4v) is 4.89. The van der Waals surface area contributed by atoms with E-state index in [0.717, 1.165) is 12.8 Å². The molecule has 0 saturated heterocycles. The van der Waals surface area contributed by atoms with E-state index >= 15 is 0 Å². The summed E-state index contributed by atoms with van der Waals surface area (Å²) >= 11 is 0. The van der Waals surface area contributed by atoms with Crippen LogP contribution < -0.4 is 10.6 Å². The van der Waals surface area contributed by atoms with E-state index in [0.29, 0.717) is 67.8 Å². The van der Waals surface area contributed by atoms with Crippen LogP contribution in [0.5, 0.6) is 0 Å². The van der Waals surface area contributed by atoms with Gasteiger partial charge in [0.2, 0.25) is 11.9 Å². The van der Waals surface area contributed by atoms with Gasteiger partial charge >= 0.3 is 0 Å². The Morgan fingerprint density at radius 3 is 2.12 bits per heavy atom. The Morgan fingerprint density at radius 2 is 1.47 bits per heavy atom. The maximum absolute atomic E-state index is 14.4. The van der Waals surface area contributed by atoms with Gasteiger partial charge in [0.05, 0.1) is 18.4 Å². The smallest absolute Gasteiger partial charge is 0.224 e. The van der Waals surface area contributed by atoms with Crippen LogP contribution in [0.15, 0.2) is 18.3 Å². The fourth-order valence-electron chi connectivity index (χ4n) is 4.89. The summed E-state index contributed by atoms with van der Waals surface area (Å²) in [7, 11) is 0. The summed E-state index contributed by atoms with van der Waals surface area (Å²) in [5.74, 6) is -2.55. The summed E-state index contributed by atoms with van der Waals surface area (Å²) in [5.41, 5.74) is 0.446. The molecule has 0 amide bonds. The molecule has 34 heavy (non-hydrogen) atoms. The molecule has 0 unspecified atom stereocenters. The topological polar surface area (TPSA) is 108 Å². The first-order chi connectivity index (χ1) is 16.4. The summed E-state index contributed by atoms with van der Waals surface area (Å²) < 4.78 is 43.9. The Bertz CT molecular complexity index is 1150. The number of hydrogen-bond donors (Lipinski definition) is 4. The van der Waals surface area contributed by atoms with Crippen molar-refractivity contribution in [2.45, 2.75) is 75.7 Å². The van der Waals surface area contributed by atoms with Gasteiger partial charge in [-0.05, 0) is 51.4 Å². The van der Waals surface area contributed by atoms with Crippen molar-refractivity contribution in [1.82, 2.24) is 19.5 Å². The number of nitrogens with one attached hydrogen (secondary N) is 2. The molecule has 11 heteroatoms. The molecule has 0 bridgehead atoms. The van der Waals surface area contributed by atoms with Crippen LogP contribution in [0, 0.1) is 17.5 Å². The van der Waals surface area contributed by atoms with E-state index in [1.165, 1.54) is 0 Å². The van der Waals surface area contributed by atoms with Crippen molar-refractivity contribution >= 4 is 28.7 Å². The van der Waals surface area contributed by atoms with Gasteiger partial charge in [-0.15, -0.1) is 0 Å². The lowest BCUT2D eigenvalue weighted by molar-refractivity contribution is 0.112. The van der Waals surface area contributed by atoms with Crippen LogP contribution >= 0.6 is 0 Å². The molecule has 2 heterocycles. The Kier molecular flexibility index (Phi) is 6.30. The number of halogens is 3. The second-order valence-corrected chi connectivity index (χ2v) is 9.19. The molecular formula is C23H27F3N6O2. The van der Waals surface area contributed by atoms with Crippen LogP contribution in [-0.2, 0) is 0 Å². The summed E-state index contributed by atoms with van der Waals surface area (Å²) in [6, 6.07) is 1.26. The predicted molar refractivity (Wildman–Crippen MR) is 120 cm³/mol. The van der Waals surface area contributed by atoms with Gasteiger partial charge in [0.25, 0.3) is 0 Å². The van der Waals surface area contributed by atoms with Gasteiger partial charge in [-0.1, -0.05) is 0 Å². The fraction of sp³-hybridized carbons (Fsp3) is 0.522. The SMILES string of the molecule is OC1CCC(Nc2ncc3nc(Nc4c(F)cc(F)cc4F)n(C4CCC(O)CC4)c3n2)CC1. The summed E-state index contributed by atoms with van der Waals surface area (Å²) in [6.45, 7) is 0. The molecule has 0 aliphatic heterocycles. The second-order valence-electron chi connectivity index (χ2n) is 9.19. The molecule has 5 rings (SSSR count). The first kappa shape index (κ1) is 22.9. The molecule has 2 aromatic heterocycles. The van der Waals surface area contributed by atoms with Crippen molar-refractivity contribution in [2.75, 3.05) is 10.6 Å². The number of hydrogen-bond acceptors (Lipinski definition) is 7. The molecule has 0 atom stereocenters. The Morgan fingerprint density at radius 1 is 0.853 bits per heavy atom. The number of fused-ring (bicyclic) bond motifs is 1. The number of nitrogens with zero attached hydrogens (tertiary/aromatic N) is 4. The number of aromatic nitrogens is 4. The summed E-state index contributed by atoms with van der Waals surface area (Å²) in [6.07, 6.45) is 6.39. The molecule has 8 nitrogen and oxygen atoms in total. The van der Waals surface area contributed by atoms with Crippen molar-refractivity contribution in [3.63, 3.8) is 0 Å². The maximum atomic E-state index is 14.4. The van der Waals surface area contributed by atoms with Crippen molar-refractivity contribution in [1.29, 1.82) is 0 Å². The number of aliphatic hydroxyl groups excluding tert-OH is 2. The molecule has 3 aromatic rings. The monoisotopic (exact) mass is 476 g/mol. The van der Waals surface area contributed by atoms with Crippen LogP contribution in [-0.4, -0.2) is 48.0 Å². The predicted octanol–water partition coefficient (Wildman–Crippen LogP) is 4.18. The lowest BCUT2D eigenvalue weighted by Gasteiger charge is -2.28. The quantitative estimate of drug-likeness (QED) is 0.438. The normalized spacial score (nSPS) is 25.4. The average molecular weight is 477 g/mol. The molecule has 2 saturated carbocycles. The minimum Gasteiger partial charge on any atom is -0.393 e. The summed E-state index contributed by atoms with van der Waals surface area (Å²) in [4.78, 5) is 13.5. The lowest BCUT2D eigenvalue weighted by Crippen LogP contribution is -2.29. The highest BCUT2D eigenvalue weighted by molar-refractivity contribution is 5.76. The first-order valence-corrected chi connectivity index (χ1v) is 11.7. The van der Waals surface area contributed by atoms with E-state index in [-0.39, 0.29) is 30.2 Å². The van der Waals surface area contributed by atoms with E-state index in [1.807, 2.05) is 0 Å². The van der Waals surface area contributed by atoms with Gasteiger partial charge in [-0.3, -0.25) is 4.57 Å². The molecule has 2 aliphatic carbocycles. The zero-order valence-electron chi connectivity index (χ0n) is 18.5. The third-order valence-electron chi connectivity index (χ3n) is 6.74. The minimum atomic E-state index is -1.07.